The topological polar surface area (TPSA) is 27.7 Å². The van der Waals surface area contributed by atoms with E-state index in [0.29, 0.717) is 6.61 Å². The molecule has 3 nitrogen and oxygen atoms in total. The van der Waals surface area contributed by atoms with Crippen molar-refractivity contribution in [3.8, 4) is 5.75 Å². The summed E-state index contributed by atoms with van der Waals surface area (Å²) in [4.78, 5) is 0. The van der Waals surface area contributed by atoms with E-state index < -0.39 is 0 Å². The van der Waals surface area contributed by atoms with E-state index in [-0.39, 0.29) is 6.29 Å². The molecular formula is C12H16O3. The van der Waals surface area contributed by atoms with E-state index in [1.165, 1.54) is 0 Å². The van der Waals surface area contributed by atoms with Crippen LogP contribution in [0.2, 0.25) is 0 Å². The van der Waals surface area contributed by atoms with Crippen LogP contribution in [0.3, 0.4) is 0 Å². The molecule has 1 heterocycles. The monoisotopic (exact) mass is 208 g/mol. The summed E-state index contributed by atoms with van der Waals surface area (Å²) < 4.78 is 16.1. The standard InChI is InChI=1S/C12H16O3/c1-13-11-5-2-4-10(8-11)9-15-12-6-3-7-14-12/h2,4-5,8,12H,3,6-7,9H2,1H3. The van der Waals surface area contributed by atoms with Gasteiger partial charge in [0.15, 0.2) is 6.29 Å². The Hall–Kier alpha value is -1.06. The van der Waals surface area contributed by atoms with Crippen molar-refractivity contribution in [3.63, 3.8) is 0 Å². The lowest BCUT2D eigenvalue weighted by atomic mass is 10.2. The molecule has 0 aromatic heterocycles. The smallest absolute Gasteiger partial charge is 0.158 e. The van der Waals surface area contributed by atoms with Crippen LogP contribution in [0.1, 0.15) is 18.4 Å². The van der Waals surface area contributed by atoms with Gasteiger partial charge in [-0.15, -0.1) is 0 Å². The maximum atomic E-state index is 5.61. The van der Waals surface area contributed by atoms with E-state index in [9.17, 15) is 0 Å². The van der Waals surface area contributed by atoms with Gasteiger partial charge in [-0.2, -0.15) is 0 Å². The summed E-state index contributed by atoms with van der Waals surface area (Å²) in [5.74, 6) is 0.864. The van der Waals surface area contributed by atoms with Crippen LogP contribution < -0.4 is 4.74 Å². The Kier molecular flexibility index (Phi) is 3.59. The van der Waals surface area contributed by atoms with E-state index >= 15 is 0 Å². The van der Waals surface area contributed by atoms with Gasteiger partial charge in [0.2, 0.25) is 0 Å². The molecule has 1 aromatic carbocycles. The number of hydrogen-bond acceptors (Lipinski definition) is 3. The van der Waals surface area contributed by atoms with Gasteiger partial charge in [-0.3, -0.25) is 0 Å². The van der Waals surface area contributed by atoms with E-state index in [0.717, 1.165) is 30.8 Å². The summed E-state index contributed by atoms with van der Waals surface area (Å²) >= 11 is 0. The average molecular weight is 208 g/mol. The maximum absolute atomic E-state index is 5.61. The van der Waals surface area contributed by atoms with Crippen LogP contribution in [-0.2, 0) is 16.1 Å². The minimum Gasteiger partial charge on any atom is -0.497 e. The molecule has 1 saturated heterocycles. The Morgan fingerprint density at radius 3 is 3.13 bits per heavy atom. The summed E-state index contributed by atoms with van der Waals surface area (Å²) in [6.07, 6.45) is 2.09. The van der Waals surface area contributed by atoms with E-state index in [4.69, 9.17) is 14.2 Å². The summed E-state index contributed by atoms with van der Waals surface area (Å²) in [6.45, 7) is 1.41. The van der Waals surface area contributed by atoms with Crippen LogP contribution in [0.25, 0.3) is 0 Å². The molecule has 0 aliphatic carbocycles. The molecule has 15 heavy (non-hydrogen) atoms. The largest absolute Gasteiger partial charge is 0.497 e. The Labute approximate surface area is 90.0 Å². The molecule has 2 rings (SSSR count). The van der Waals surface area contributed by atoms with Gasteiger partial charge in [0.05, 0.1) is 13.7 Å². The van der Waals surface area contributed by atoms with Crippen LogP contribution in [0, 0.1) is 0 Å². The molecule has 0 spiro atoms. The molecule has 82 valence electrons. The first-order chi connectivity index (χ1) is 7.38. The van der Waals surface area contributed by atoms with Crippen molar-refractivity contribution in [2.75, 3.05) is 13.7 Å². The zero-order chi connectivity index (χ0) is 10.5. The van der Waals surface area contributed by atoms with Crippen molar-refractivity contribution in [1.29, 1.82) is 0 Å². The highest BCUT2D eigenvalue weighted by Gasteiger charge is 2.15. The first-order valence-electron chi connectivity index (χ1n) is 5.24. The Balaban J connectivity index is 1.86. The highest BCUT2D eigenvalue weighted by atomic mass is 16.7. The molecule has 1 atom stereocenters. The van der Waals surface area contributed by atoms with Crippen LogP contribution in [0.15, 0.2) is 24.3 Å². The molecule has 0 saturated carbocycles. The fraction of sp³-hybridized carbons (Fsp3) is 0.500. The fourth-order valence-corrected chi connectivity index (χ4v) is 1.63. The van der Waals surface area contributed by atoms with Gasteiger partial charge in [0, 0.05) is 13.0 Å². The highest BCUT2D eigenvalue weighted by molar-refractivity contribution is 5.27. The first-order valence-corrected chi connectivity index (χ1v) is 5.24. The number of rotatable bonds is 4. The third-order valence-electron chi connectivity index (χ3n) is 2.46. The summed E-state index contributed by atoms with van der Waals surface area (Å²) in [6, 6.07) is 7.90. The predicted molar refractivity (Wildman–Crippen MR) is 56.8 cm³/mol. The third kappa shape index (κ3) is 2.94. The zero-order valence-corrected chi connectivity index (χ0v) is 8.94. The fourth-order valence-electron chi connectivity index (χ4n) is 1.63. The summed E-state index contributed by atoms with van der Waals surface area (Å²) in [7, 11) is 1.67. The second-order valence-electron chi connectivity index (χ2n) is 3.61. The molecular weight excluding hydrogens is 192 g/mol. The highest BCUT2D eigenvalue weighted by Crippen LogP contribution is 2.17. The molecule has 0 bridgehead atoms. The van der Waals surface area contributed by atoms with Crippen molar-refractivity contribution in [1.82, 2.24) is 0 Å². The molecule has 1 aliphatic rings. The van der Waals surface area contributed by atoms with Crippen molar-refractivity contribution in [2.24, 2.45) is 0 Å². The Morgan fingerprint density at radius 1 is 1.47 bits per heavy atom. The average Bonchev–Trinajstić information content (AvgIpc) is 2.79. The van der Waals surface area contributed by atoms with Crippen LogP contribution >= 0.6 is 0 Å². The minimum absolute atomic E-state index is 0.0174. The van der Waals surface area contributed by atoms with Crippen molar-refractivity contribution in [2.45, 2.75) is 25.7 Å². The summed E-state index contributed by atoms with van der Waals surface area (Å²) in [5.41, 5.74) is 1.12. The van der Waals surface area contributed by atoms with E-state index in [1.807, 2.05) is 24.3 Å². The van der Waals surface area contributed by atoms with Gasteiger partial charge < -0.3 is 14.2 Å². The van der Waals surface area contributed by atoms with Crippen LogP contribution in [-0.4, -0.2) is 20.0 Å². The maximum Gasteiger partial charge on any atom is 0.158 e. The van der Waals surface area contributed by atoms with Crippen molar-refractivity contribution >= 4 is 0 Å². The Bertz CT molecular complexity index is 305. The number of methoxy groups -OCH3 is 1. The van der Waals surface area contributed by atoms with Gasteiger partial charge in [-0.1, -0.05) is 12.1 Å². The van der Waals surface area contributed by atoms with Gasteiger partial charge >= 0.3 is 0 Å². The Morgan fingerprint density at radius 2 is 2.40 bits per heavy atom. The molecule has 1 fully saturated rings. The summed E-state index contributed by atoms with van der Waals surface area (Å²) in [5, 5.41) is 0. The molecule has 0 N–H and O–H groups in total. The van der Waals surface area contributed by atoms with E-state index in [2.05, 4.69) is 0 Å². The minimum atomic E-state index is -0.0174. The van der Waals surface area contributed by atoms with E-state index in [1.54, 1.807) is 7.11 Å². The molecule has 1 unspecified atom stereocenters. The van der Waals surface area contributed by atoms with Gasteiger partial charge in [-0.25, -0.2) is 0 Å². The third-order valence-corrected chi connectivity index (χ3v) is 2.46. The lowest BCUT2D eigenvalue weighted by Crippen LogP contribution is -2.10. The van der Waals surface area contributed by atoms with Crippen LogP contribution in [0.4, 0.5) is 0 Å². The second kappa shape index (κ2) is 5.14. The van der Waals surface area contributed by atoms with Crippen molar-refractivity contribution in [3.05, 3.63) is 29.8 Å². The quantitative estimate of drug-likeness (QED) is 0.760. The van der Waals surface area contributed by atoms with Gasteiger partial charge in [-0.05, 0) is 24.1 Å². The molecule has 1 aliphatic heterocycles. The predicted octanol–water partition coefficient (Wildman–Crippen LogP) is 2.35. The zero-order valence-electron chi connectivity index (χ0n) is 8.94. The number of benzene rings is 1. The van der Waals surface area contributed by atoms with Gasteiger partial charge in [0.1, 0.15) is 5.75 Å². The molecule has 1 aromatic rings. The second-order valence-corrected chi connectivity index (χ2v) is 3.61. The lowest BCUT2D eigenvalue weighted by molar-refractivity contribution is -0.118. The molecule has 3 heteroatoms. The first kappa shape index (κ1) is 10.5. The molecule has 0 amide bonds. The van der Waals surface area contributed by atoms with Gasteiger partial charge in [0.25, 0.3) is 0 Å². The lowest BCUT2D eigenvalue weighted by Gasteiger charge is -2.11. The number of hydrogen-bond donors (Lipinski definition) is 0. The van der Waals surface area contributed by atoms with Crippen LogP contribution in [0.5, 0.6) is 5.75 Å². The number of ether oxygens (including phenoxy) is 3. The molecule has 0 radical (unpaired) electrons. The SMILES string of the molecule is COc1cccc(COC2CCCO2)c1. The normalized spacial score (nSPS) is 20.5. The van der Waals surface area contributed by atoms with Crippen molar-refractivity contribution < 1.29 is 14.2 Å².